The lowest BCUT2D eigenvalue weighted by molar-refractivity contribution is -0.123. The van der Waals surface area contributed by atoms with E-state index in [0.717, 1.165) is 5.39 Å². The molecule has 2 rings (SSSR count). The normalized spacial score (nSPS) is 10.1. The Hall–Kier alpha value is -3.09. The van der Waals surface area contributed by atoms with E-state index in [0.29, 0.717) is 23.2 Å². The summed E-state index contributed by atoms with van der Waals surface area (Å²) >= 11 is 0. The summed E-state index contributed by atoms with van der Waals surface area (Å²) in [5, 5.41) is 5.89. The summed E-state index contributed by atoms with van der Waals surface area (Å²) in [6, 6.07) is 9.82. The van der Waals surface area contributed by atoms with Gasteiger partial charge in [0.15, 0.2) is 6.61 Å². The van der Waals surface area contributed by atoms with Gasteiger partial charge in [0.05, 0.1) is 12.7 Å². The van der Waals surface area contributed by atoms with E-state index in [9.17, 15) is 14.4 Å². The van der Waals surface area contributed by atoms with Crippen molar-refractivity contribution in [3.8, 4) is 5.75 Å². The van der Waals surface area contributed by atoms with Gasteiger partial charge in [-0.15, -0.1) is 0 Å². The van der Waals surface area contributed by atoms with Crippen LogP contribution in [0.1, 0.15) is 17.3 Å². The van der Waals surface area contributed by atoms with Gasteiger partial charge in [0.1, 0.15) is 5.75 Å². The van der Waals surface area contributed by atoms with E-state index in [1.165, 1.54) is 0 Å². The van der Waals surface area contributed by atoms with Gasteiger partial charge in [-0.25, -0.2) is 9.59 Å². The number of fused-ring (bicyclic) bond motifs is 1. The quantitative estimate of drug-likeness (QED) is 0.816. The third-order valence-electron chi connectivity index (χ3n) is 3.25. The van der Waals surface area contributed by atoms with Crippen LogP contribution in [0.3, 0.4) is 0 Å². The van der Waals surface area contributed by atoms with E-state index in [1.807, 2.05) is 12.1 Å². The van der Waals surface area contributed by atoms with E-state index in [4.69, 9.17) is 9.47 Å². The number of methoxy groups -OCH3 is 1. The molecule has 0 bridgehead atoms. The van der Waals surface area contributed by atoms with Crippen LogP contribution < -0.4 is 15.4 Å². The number of carbonyl (C=O) groups is 3. The number of hydrogen-bond donors (Lipinski definition) is 2. The molecule has 0 radical (unpaired) electrons. The molecule has 7 heteroatoms. The molecule has 0 aliphatic heterocycles. The molecule has 7 nitrogen and oxygen atoms in total. The summed E-state index contributed by atoms with van der Waals surface area (Å²) in [5.74, 6) is -0.719. The number of carbonyl (C=O) groups excluding carboxylic acids is 3. The van der Waals surface area contributed by atoms with Crippen molar-refractivity contribution in [2.45, 2.75) is 6.92 Å². The monoisotopic (exact) mass is 330 g/mol. The second-order valence-corrected chi connectivity index (χ2v) is 4.84. The highest BCUT2D eigenvalue weighted by molar-refractivity contribution is 6.07. The summed E-state index contributed by atoms with van der Waals surface area (Å²) in [6.07, 6.45) is 0. The Balaban J connectivity index is 2.09. The van der Waals surface area contributed by atoms with E-state index in [1.54, 1.807) is 38.3 Å². The van der Waals surface area contributed by atoms with Crippen molar-refractivity contribution in [2.24, 2.45) is 0 Å². The average molecular weight is 330 g/mol. The number of nitrogens with one attached hydrogen (secondary N) is 2. The van der Waals surface area contributed by atoms with Crippen molar-refractivity contribution in [1.82, 2.24) is 10.6 Å². The van der Waals surface area contributed by atoms with Crippen LogP contribution in [0.15, 0.2) is 36.4 Å². The summed E-state index contributed by atoms with van der Waals surface area (Å²) < 4.78 is 10.2. The molecule has 0 saturated heterocycles. The Morgan fingerprint density at radius 2 is 1.75 bits per heavy atom. The minimum atomic E-state index is -0.702. The van der Waals surface area contributed by atoms with Gasteiger partial charge in [-0.05, 0) is 24.4 Å². The van der Waals surface area contributed by atoms with Gasteiger partial charge < -0.3 is 14.8 Å². The Morgan fingerprint density at radius 3 is 2.42 bits per heavy atom. The van der Waals surface area contributed by atoms with Crippen molar-refractivity contribution in [1.29, 1.82) is 0 Å². The zero-order valence-electron chi connectivity index (χ0n) is 13.4. The predicted octanol–water partition coefficient (Wildman–Crippen LogP) is 1.85. The van der Waals surface area contributed by atoms with E-state index < -0.39 is 24.5 Å². The Bertz CT molecular complexity index is 773. The molecule has 3 amide bonds. The minimum Gasteiger partial charge on any atom is -0.496 e. The zero-order chi connectivity index (χ0) is 17.5. The van der Waals surface area contributed by atoms with Gasteiger partial charge in [0, 0.05) is 11.9 Å². The second-order valence-electron chi connectivity index (χ2n) is 4.84. The van der Waals surface area contributed by atoms with Crippen LogP contribution in [0.2, 0.25) is 0 Å². The van der Waals surface area contributed by atoms with E-state index in [2.05, 4.69) is 10.6 Å². The van der Waals surface area contributed by atoms with Gasteiger partial charge >= 0.3 is 12.0 Å². The molecule has 0 saturated carbocycles. The predicted molar refractivity (Wildman–Crippen MR) is 88.0 cm³/mol. The molecule has 0 aliphatic carbocycles. The van der Waals surface area contributed by atoms with Crippen molar-refractivity contribution < 1.29 is 23.9 Å². The smallest absolute Gasteiger partial charge is 0.339 e. The van der Waals surface area contributed by atoms with Crippen molar-refractivity contribution >= 4 is 28.7 Å². The number of ether oxygens (including phenoxy) is 2. The highest BCUT2D eigenvalue weighted by atomic mass is 16.5. The topological polar surface area (TPSA) is 93.7 Å². The molecule has 0 atom stereocenters. The van der Waals surface area contributed by atoms with Crippen LogP contribution in [0.5, 0.6) is 5.75 Å². The van der Waals surface area contributed by atoms with Crippen LogP contribution in [0, 0.1) is 0 Å². The average Bonchev–Trinajstić information content (AvgIpc) is 2.58. The van der Waals surface area contributed by atoms with Crippen molar-refractivity contribution in [2.75, 3.05) is 20.3 Å². The van der Waals surface area contributed by atoms with Gasteiger partial charge in [-0.2, -0.15) is 0 Å². The maximum Gasteiger partial charge on any atom is 0.339 e. The Morgan fingerprint density at radius 1 is 1.04 bits per heavy atom. The molecule has 2 aromatic rings. The summed E-state index contributed by atoms with van der Waals surface area (Å²) in [6.45, 7) is 1.56. The molecule has 2 aromatic carbocycles. The Kier molecular flexibility index (Phi) is 5.73. The Labute approximate surface area is 138 Å². The third kappa shape index (κ3) is 4.01. The molecule has 0 heterocycles. The number of amides is 3. The van der Waals surface area contributed by atoms with Crippen LogP contribution in [0.4, 0.5) is 4.79 Å². The first-order chi connectivity index (χ1) is 11.6. The molecular weight excluding hydrogens is 312 g/mol. The van der Waals surface area contributed by atoms with Gasteiger partial charge in [0.25, 0.3) is 5.91 Å². The zero-order valence-corrected chi connectivity index (χ0v) is 13.4. The van der Waals surface area contributed by atoms with Crippen LogP contribution in [-0.4, -0.2) is 38.2 Å². The van der Waals surface area contributed by atoms with Crippen LogP contribution >= 0.6 is 0 Å². The molecule has 24 heavy (non-hydrogen) atoms. The fraction of sp³-hybridized carbons (Fsp3) is 0.235. The van der Waals surface area contributed by atoms with Crippen LogP contribution in [-0.2, 0) is 9.53 Å². The highest BCUT2D eigenvalue weighted by Gasteiger charge is 2.16. The fourth-order valence-corrected chi connectivity index (χ4v) is 2.20. The number of rotatable bonds is 5. The van der Waals surface area contributed by atoms with E-state index >= 15 is 0 Å². The SMILES string of the molecule is CCNC(=O)NC(=O)COC(=O)c1ccc(OC)c2ccccc12. The summed E-state index contributed by atoms with van der Waals surface area (Å²) in [5.41, 5.74) is 0.317. The number of benzene rings is 2. The lowest BCUT2D eigenvalue weighted by Gasteiger charge is -2.10. The van der Waals surface area contributed by atoms with E-state index in [-0.39, 0.29) is 0 Å². The summed E-state index contributed by atoms with van der Waals surface area (Å²) in [7, 11) is 1.55. The maximum absolute atomic E-state index is 12.2. The molecule has 0 aliphatic rings. The number of urea groups is 1. The lowest BCUT2D eigenvalue weighted by Crippen LogP contribution is -2.41. The standard InChI is InChI=1S/C17H18N2O5/c1-3-18-17(22)19-15(20)10-24-16(21)13-8-9-14(23-2)12-7-5-4-6-11(12)13/h4-9H,3,10H2,1-2H3,(H2,18,19,20,22). The molecule has 126 valence electrons. The first kappa shape index (κ1) is 17.3. The molecule has 0 spiro atoms. The minimum absolute atomic E-state index is 0.317. The molecule has 2 N–H and O–H groups in total. The van der Waals surface area contributed by atoms with Gasteiger partial charge in [-0.3, -0.25) is 10.1 Å². The number of hydrogen-bond acceptors (Lipinski definition) is 5. The maximum atomic E-state index is 12.2. The second kappa shape index (κ2) is 7.96. The highest BCUT2D eigenvalue weighted by Crippen LogP contribution is 2.28. The van der Waals surface area contributed by atoms with Crippen molar-refractivity contribution in [3.05, 3.63) is 42.0 Å². The van der Waals surface area contributed by atoms with Gasteiger partial charge in [0.2, 0.25) is 0 Å². The number of esters is 1. The van der Waals surface area contributed by atoms with Crippen LogP contribution in [0.25, 0.3) is 10.8 Å². The first-order valence-electron chi connectivity index (χ1n) is 7.37. The summed E-state index contributed by atoms with van der Waals surface area (Å²) in [4.78, 5) is 35.0. The third-order valence-corrected chi connectivity index (χ3v) is 3.25. The van der Waals surface area contributed by atoms with Crippen molar-refractivity contribution in [3.63, 3.8) is 0 Å². The number of imide groups is 1. The largest absolute Gasteiger partial charge is 0.496 e. The fourth-order valence-electron chi connectivity index (χ4n) is 2.20. The first-order valence-corrected chi connectivity index (χ1v) is 7.37. The van der Waals surface area contributed by atoms with Gasteiger partial charge in [-0.1, -0.05) is 24.3 Å². The molecule has 0 unspecified atom stereocenters. The molecular formula is C17H18N2O5. The molecule has 0 aromatic heterocycles. The molecule has 0 fully saturated rings. The lowest BCUT2D eigenvalue weighted by atomic mass is 10.0.